The lowest BCUT2D eigenvalue weighted by Gasteiger charge is -2.03. The van der Waals surface area contributed by atoms with Crippen molar-refractivity contribution >= 4 is 49.8 Å². The Bertz CT molecular complexity index is 249. The van der Waals surface area contributed by atoms with Crippen LogP contribution in [0.1, 0.15) is 103 Å². The van der Waals surface area contributed by atoms with Crippen molar-refractivity contribution < 1.29 is 0 Å². The summed E-state index contributed by atoms with van der Waals surface area (Å²) in [7, 11) is 0. The summed E-state index contributed by atoms with van der Waals surface area (Å²) in [6.45, 7) is 2.29. The van der Waals surface area contributed by atoms with Gasteiger partial charge in [0.05, 0.1) is 0 Å². The number of unbranched alkanes of at least 4 members (excludes halogenated alkanes) is 14. The topological polar surface area (TPSA) is 0 Å². The molecule has 0 fully saturated rings. The van der Waals surface area contributed by atoms with Crippen LogP contribution in [0.15, 0.2) is 11.8 Å². The predicted molar refractivity (Wildman–Crippen MR) is 117 cm³/mol. The maximum atomic E-state index is 3.61. The van der Waals surface area contributed by atoms with Gasteiger partial charge in [-0.25, -0.2) is 0 Å². The molecule has 0 spiro atoms. The molecule has 22 heavy (non-hydrogen) atoms. The minimum atomic E-state index is -1.51. The van der Waals surface area contributed by atoms with Crippen LogP contribution in [0.5, 0.6) is 0 Å². The Hall–Kier alpha value is 1.40. The second-order valence-corrected chi connectivity index (χ2v) is 28.6. The van der Waals surface area contributed by atoms with E-state index in [4.69, 9.17) is 0 Å². The van der Waals surface area contributed by atoms with Gasteiger partial charge in [0.2, 0.25) is 0 Å². The minimum absolute atomic E-state index is 1.22. The van der Waals surface area contributed by atoms with Crippen LogP contribution in [-0.4, -0.2) is 3.93 Å². The van der Waals surface area contributed by atoms with Crippen LogP contribution in [0, 0.1) is 0 Å². The first-order valence-electron chi connectivity index (χ1n) is 9.30. The summed E-state index contributed by atoms with van der Waals surface area (Å²) in [5, 5.41) is 0. The van der Waals surface area contributed by atoms with Crippen molar-refractivity contribution in [1.82, 2.24) is 0 Å². The van der Waals surface area contributed by atoms with Gasteiger partial charge < -0.3 is 0 Å². The molecule has 0 atom stereocenters. The van der Waals surface area contributed by atoms with Crippen molar-refractivity contribution in [1.29, 1.82) is 0 Å². The fourth-order valence-electron chi connectivity index (χ4n) is 2.67. The Morgan fingerprint density at radius 3 is 1.32 bits per heavy atom. The van der Waals surface area contributed by atoms with E-state index < -0.39 is 3.93 Å². The molecule has 0 saturated carbocycles. The third-order valence-electron chi connectivity index (χ3n) is 4.03. The van der Waals surface area contributed by atoms with Gasteiger partial charge in [-0.1, -0.05) is 148 Å². The van der Waals surface area contributed by atoms with Gasteiger partial charge in [0, 0.05) is 0 Å². The summed E-state index contributed by atoms with van der Waals surface area (Å²) in [6.07, 6.45) is 23.6. The monoisotopic (exact) mass is 516 g/mol. The lowest BCUT2D eigenvalue weighted by Crippen LogP contribution is -1.99. The van der Waals surface area contributed by atoms with E-state index in [-0.39, 0.29) is 0 Å². The fourth-order valence-corrected chi connectivity index (χ4v) is 4.79. The third kappa shape index (κ3) is 21.4. The molecule has 0 nitrogen and oxygen atoms in total. The highest BCUT2D eigenvalue weighted by atomic mass is 80.0. The van der Waals surface area contributed by atoms with Crippen molar-refractivity contribution in [3.05, 3.63) is 11.8 Å². The fraction of sp³-hybridized carbons (Fsp3) is 0.889. The van der Waals surface area contributed by atoms with Crippen LogP contribution < -0.4 is 0 Å². The summed E-state index contributed by atoms with van der Waals surface area (Å²) in [5.41, 5.74) is 2.25. The second kappa shape index (κ2) is 17.2. The van der Waals surface area contributed by atoms with Gasteiger partial charge in [-0.3, -0.25) is 0 Å². The van der Waals surface area contributed by atoms with Crippen molar-refractivity contribution in [2.24, 2.45) is 0 Å². The van der Waals surface area contributed by atoms with Crippen LogP contribution in [-0.2, 0) is 0 Å². The van der Waals surface area contributed by atoms with E-state index in [1.54, 1.807) is 0 Å². The van der Waals surface area contributed by atoms with Crippen molar-refractivity contribution in [3.63, 3.8) is 0 Å². The summed E-state index contributed by atoms with van der Waals surface area (Å²) < 4.78 is -1.51. The standard InChI is InChI=1S/C18H35Br3Si/c1-2-3-4-5-6-7-8-9-10-11-12-13-14-15-16-17-18-22(19,20)21/h17-18H,2-16H2,1H3. The Morgan fingerprint density at radius 2 is 0.955 bits per heavy atom. The lowest BCUT2D eigenvalue weighted by atomic mass is 10.0. The van der Waals surface area contributed by atoms with E-state index in [1.807, 2.05) is 0 Å². The van der Waals surface area contributed by atoms with Gasteiger partial charge >= 0.3 is 0 Å². The average Bonchev–Trinajstić information content (AvgIpc) is 2.45. The van der Waals surface area contributed by atoms with Gasteiger partial charge in [0.15, 0.2) is 0 Å². The molecular formula is C18H35Br3Si. The maximum absolute atomic E-state index is 3.61. The number of hydrogen-bond donors (Lipinski definition) is 0. The van der Waals surface area contributed by atoms with E-state index in [0.717, 1.165) is 0 Å². The zero-order valence-corrected chi connectivity index (χ0v) is 20.2. The normalized spacial score (nSPS) is 12.4. The minimum Gasteiger partial charge on any atom is -0.0916 e. The molecule has 0 amide bonds. The molecule has 0 radical (unpaired) electrons. The molecule has 0 unspecified atom stereocenters. The molecule has 0 rings (SSSR count). The van der Waals surface area contributed by atoms with E-state index in [1.165, 1.54) is 96.3 Å². The van der Waals surface area contributed by atoms with Gasteiger partial charge in [0.1, 0.15) is 0 Å². The zero-order chi connectivity index (χ0) is 16.5. The van der Waals surface area contributed by atoms with E-state index in [9.17, 15) is 0 Å². The van der Waals surface area contributed by atoms with Crippen LogP contribution in [0.2, 0.25) is 0 Å². The maximum Gasteiger partial charge on any atom is 0.290 e. The van der Waals surface area contributed by atoms with Crippen LogP contribution >= 0.6 is 45.9 Å². The van der Waals surface area contributed by atoms with E-state index in [2.05, 4.69) is 64.6 Å². The van der Waals surface area contributed by atoms with Crippen LogP contribution in [0.3, 0.4) is 0 Å². The van der Waals surface area contributed by atoms with E-state index >= 15 is 0 Å². The lowest BCUT2D eigenvalue weighted by molar-refractivity contribution is 0.536. The SMILES string of the molecule is CCCCCCCCCCCCCCCCC=C[Si](Br)(Br)Br. The van der Waals surface area contributed by atoms with Gasteiger partial charge in [-0.05, 0) is 12.8 Å². The van der Waals surface area contributed by atoms with Crippen LogP contribution in [0.4, 0.5) is 0 Å². The highest BCUT2D eigenvalue weighted by molar-refractivity contribution is 9.72. The van der Waals surface area contributed by atoms with Crippen molar-refractivity contribution in [3.8, 4) is 0 Å². The number of halogens is 3. The molecule has 0 bridgehead atoms. The molecule has 0 heterocycles. The largest absolute Gasteiger partial charge is 0.290 e. The number of rotatable bonds is 16. The Kier molecular flexibility index (Phi) is 18.3. The van der Waals surface area contributed by atoms with Crippen molar-refractivity contribution in [2.45, 2.75) is 103 Å². The molecule has 132 valence electrons. The van der Waals surface area contributed by atoms with Gasteiger partial charge in [0.25, 0.3) is 3.93 Å². The number of allylic oxidation sites excluding steroid dienone is 1. The average molecular weight is 519 g/mol. The molecule has 0 aliphatic rings. The number of hydrogen-bond acceptors (Lipinski definition) is 0. The van der Waals surface area contributed by atoms with Crippen LogP contribution in [0.25, 0.3) is 0 Å². The van der Waals surface area contributed by atoms with Gasteiger partial charge in [-0.2, -0.15) is 0 Å². The first-order chi connectivity index (χ1) is 10.6. The summed E-state index contributed by atoms with van der Waals surface area (Å²) >= 11 is 10.8. The smallest absolute Gasteiger partial charge is 0.0916 e. The molecule has 0 aliphatic heterocycles. The third-order valence-corrected chi connectivity index (χ3v) is 7.02. The van der Waals surface area contributed by atoms with E-state index in [0.29, 0.717) is 0 Å². The molecular weight excluding hydrogens is 484 g/mol. The summed E-state index contributed by atoms with van der Waals surface area (Å²) in [6, 6.07) is 0. The predicted octanol–water partition coefficient (Wildman–Crippen LogP) is 9.08. The molecule has 0 N–H and O–H groups in total. The van der Waals surface area contributed by atoms with Gasteiger partial charge in [-0.15, -0.1) is 0 Å². The quantitative estimate of drug-likeness (QED) is 0.108. The highest BCUT2D eigenvalue weighted by Crippen LogP contribution is 2.28. The molecule has 0 aromatic heterocycles. The highest BCUT2D eigenvalue weighted by Gasteiger charge is 2.16. The molecule has 0 aromatic rings. The molecule has 4 heteroatoms. The Morgan fingerprint density at radius 1 is 0.591 bits per heavy atom. The first kappa shape index (κ1) is 23.4. The molecule has 0 aromatic carbocycles. The molecule has 0 saturated heterocycles. The Labute approximate surface area is 164 Å². The van der Waals surface area contributed by atoms with Crippen molar-refractivity contribution in [2.75, 3.05) is 0 Å². The Balaban J connectivity index is 3.07. The first-order valence-corrected chi connectivity index (χ1v) is 18.2. The second-order valence-electron chi connectivity index (χ2n) is 6.33. The summed E-state index contributed by atoms with van der Waals surface area (Å²) in [4.78, 5) is 0. The zero-order valence-electron chi connectivity index (χ0n) is 14.4. The molecule has 0 aliphatic carbocycles. The summed E-state index contributed by atoms with van der Waals surface area (Å²) in [5.74, 6) is 0.